The summed E-state index contributed by atoms with van der Waals surface area (Å²) in [6.45, 7) is 0. The number of allylic oxidation sites excluding steroid dienone is 4. The van der Waals surface area contributed by atoms with Crippen LogP contribution < -0.4 is 17.3 Å². The summed E-state index contributed by atoms with van der Waals surface area (Å²) in [5, 5.41) is 0. The number of ether oxygens (including phenoxy) is 1. The summed E-state index contributed by atoms with van der Waals surface area (Å²) in [4.78, 5) is 19.1. The Kier molecular flexibility index (Phi) is 6.80. The molecule has 2 aromatic rings. The standard InChI is InChI=1S/C25H25N2O2S.ClH/c1-26(2)16-10-12-20-22(14-16)30-23-15-17(27(3)4)11-13-21(23)24(20)18-8-6-7-9-19(18)25(28)29-5;/h6-12,14-15,24H,1-5H3;1H/q+1;/p-1. The van der Waals surface area contributed by atoms with E-state index in [0.717, 1.165) is 27.4 Å². The second-order valence-electron chi connectivity index (χ2n) is 7.76. The average molecular weight is 453 g/mol. The first-order chi connectivity index (χ1) is 14.4. The van der Waals surface area contributed by atoms with Gasteiger partial charge in [-0.2, -0.15) is 0 Å². The number of carbonyl (C=O) groups excluding carboxylic acids is 1. The minimum absolute atomic E-state index is 0. The van der Waals surface area contributed by atoms with Gasteiger partial charge in [-0.3, -0.25) is 0 Å². The molecule has 0 spiro atoms. The maximum atomic E-state index is 12.5. The lowest BCUT2D eigenvalue weighted by Crippen LogP contribution is -3.00. The summed E-state index contributed by atoms with van der Waals surface area (Å²) in [5.74, 6) is -0.402. The highest BCUT2D eigenvalue weighted by atomic mass is 35.5. The van der Waals surface area contributed by atoms with Crippen LogP contribution in [0.3, 0.4) is 0 Å². The van der Waals surface area contributed by atoms with Gasteiger partial charge in [0.25, 0.3) is 0 Å². The third kappa shape index (κ3) is 4.22. The molecular weight excluding hydrogens is 428 g/mol. The Balaban J connectivity index is 0.00000272. The molecule has 0 fully saturated rings. The van der Waals surface area contributed by atoms with E-state index in [9.17, 15) is 4.79 Å². The predicted octanol–water partition coefficient (Wildman–Crippen LogP) is 1.85. The van der Waals surface area contributed by atoms with E-state index < -0.39 is 0 Å². The van der Waals surface area contributed by atoms with Gasteiger partial charge in [-0.1, -0.05) is 24.3 Å². The van der Waals surface area contributed by atoms with Crippen LogP contribution in [0.2, 0.25) is 0 Å². The van der Waals surface area contributed by atoms with Gasteiger partial charge >= 0.3 is 5.97 Å². The van der Waals surface area contributed by atoms with Gasteiger partial charge < -0.3 is 26.9 Å². The maximum Gasteiger partial charge on any atom is 0.338 e. The van der Waals surface area contributed by atoms with Gasteiger partial charge in [0.1, 0.15) is 22.3 Å². The van der Waals surface area contributed by atoms with E-state index in [1.165, 1.54) is 17.6 Å². The molecule has 1 atom stereocenters. The second kappa shape index (κ2) is 9.19. The lowest BCUT2D eigenvalue weighted by molar-refractivity contribution is -0.0000207. The lowest BCUT2D eigenvalue weighted by Gasteiger charge is -2.27. The molecule has 2 aliphatic rings. The lowest BCUT2D eigenvalue weighted by atomic mass is 9.80. The second-order valence-corrected chi connectivity index (χ2v) is 8.84. The largest absolute Gasteiger partial charge is 1.00 e. The van der Waals surface area contributed by atoms with Crippen molar-refractivity contribution in [1.82, 2.24) is 4.90 Å². The molecule has 31 heavy (non-hydrogen) atoms. The number of nitrogens with zero attached hydrogens (tertiary/aromatic N) is 2. The number of thioether (sulfide) groups is 1. The third-order valence-electron chi connectivity index (χ3n) is 5.45. The highest BCUT2D eigenvalue weighted by molar-refractivity contribution is 8.03. The number of halogens is 1. The Morgan fingerprint density at radius 3 is 2.45 bits per heavy atom. The molecule has 0 N–H and O–H groups in total. The van der Waals surface area contributed by atoms with Crippen LogP contribution in [0.4, 0.5) is 5.69 Å². The summed E-state index contributed by atoms with van der Waals surface area (Å²) in [6, 6.07) is 14.2. The van der Waals surface area contributed by atoms with E-state index in [0.29, 0.717) is 5.56 Å². The van der Waals surface area contributed by atoms with E-state index in [1.807, 2.05) is 58.5 Å². The Morgan fingerprint density at radius 1 is 1.03 bits per heavy atom. The zero-order valence-electron chi connectivity index (χ0n) is 18.3. The fraction of sp³-hybridized carbons (Fsp3) is 0.240. The van der Waals surface area contributed by atoms with Crippen LogP contribution in [-0.2, 0) is 4.74 Å². The van der Waals surface area contributed by atoms with Crippen molar-refractivity contribution in [2.45, 2.75) is 10.8 Å². The summed E-state index contributed by atoms with van der Waals surface area (Å²) >= 11 is 1.76. The zero-order chi connectivity index (χ0) is 21.4. The van der Waals surface area contributed by atoms with Gasteiger partial charge in [-0.25, -0.2) is 4.79 Å². The molecule has 4 rings (SSSR count). The molecule has 1 aliphatic heterocycles. The van der Waals surface area contributed by atoms with Gasteiger partial charge in [-0.15, -0.1) is 0 Å². The van der Waals surface area contributed by atoms with E-state index in [4.69, 9.17) is 4.74 Å². The Labute approximate surface area is 194 Å². The van der Waals surface area contributed by atoms with Crippen molar-refractivity contribution in [3.63, 3.8) is 0 Å². The molecule has 0 amide bonds. The molecule has 0 saturated carbocycles. The van der Waals surface area contributed by atoms with Gasteiger partial charge in [-0.05, 0) is 41.1 Å². The molecule has 4 nitrogen and oxygen atoms in total. The maximum absolute atomic E-state index is 12.5. The first kappa shape index (κ1) is 23.0. The summed E-state index contributed by atoms with van der Waals surface area (Å²) in [7, 11) is 9.59. The highest BCUT2D eigenvalue weighted by Crippen LogP contribution is 2.51. The third-order valence-corrected chi connectivity index (χ3v) is 6.58. The fourth-order valence-electron chi connectivity index (χ4n) is 3.81. The van der Waals surface area contributed by atoms with Crippen molar-refractivity contribution in [2.24, 2.45) is 0 Å². The number of carbonyl (C=O) groups is 1. The minimum Gasteiger partial charge on any atom is -1.00 e. The number of hydrogen-bond acceptors (Lipinski definition) is 5. The number of likely N-dealkylation sites (N-methyl/N-ethyl adjacent to an activating group) is 1. The van der Waals surface area contributed by atoms with E-state index >= 15 is 0 Å². The topological polar surface area (TPSA) is 32.8 Å². The minimum atomic E-state index is -0.318. The number of hydrogen-bond donors (Lipinski definition) is 0. The molecule has 1 unspecified atom stereocenters. The van der Waals surface area contributed by atoms with Crippen LogP contribution in [0.5, 0.6) is 0 Å². The van der Waals surface area contributed by atoms with Gasteiger partial charge in [0, 0.05) is 44.8 Å². The number of rotatable bonds is 4. The Bertz CT molecular complexity index is 1100. The highest BCUT2D eigenvalue weighted by Gasteiger charge is 2.38. The molecule has 160 valence electrons. The van der Waals surface area contributed by atoms with E-state index in [2.05, 4.69) is 40.2 Å². The van der Waals surface area contributed by atoms with Crippen LogP contribution in [0.15, 0.2) is 75.7 Å². The van der Waals surface area contributed by atoms with Crippen molar-refractivity contribution in [3.05, 3.63) is 93.6 Å². The number of fused-ring (bicyclic) bond motifs is 1. The smallest absolute Gasteiger partial charge is 0.338 e. The van der Waals surface area contributed by atoms with Crippen molar-refractivity contribution in [3.8, 4) is 0 Å². The molecule has 6 heteroatoms. The van der Waals surface area contributed by atoms with Crippen LogP contribution in [0.25, 0.3) is 0 Å². The van der Waals surface area contributed by atoms with Crippen molar-refractivity contribution >= 4 is 23.4 Å². The van der Waals surface area contributed by atoms with Crippen molar-refractivity contribution in [2.75, 3.05) is 40.2 Å². The first-order valence-electron chi connectivity index (χ1n) is 9.80. The molecule has 0 saturated heterocycles. The van der Waals surface area contributed by atoms with Crippen LogP contribution in [0.1, 0.15) is 27.4 Å². The fourth-order valence-corrected chi connectivity index (χ4v) is 5.00. The monoisotopic (exact) mass is 452 g/mol. The van der Waals surface area contributed by atoms with Gasteiger partial charge in [0.05, 0.1) is 24.7 Å². The number of anilines is 1. The van der Waals surface area contributed by atoms with E-state index in [-0.39, 0.29) is 24.3 Å². The normalized spacial score (nSPS) is 16.3. The van der Waals surface area contributed by atoms with Crippen LogP contribution >= 0.6 is 11.8 Å². The number of methoxy groups -OCH3 is 1. The molecule has 1 heterocycles. The Hall–Kier alpha value is -2.72. The quantitative estimate of drug-likeness (QED) is 0.522. The molecule has 0 aromatic heterocycles. The molecular formula is C25H25ClN2O2S. The van der Waals surface area contributed by atoms with Gasteiger partial charge in [0.15, 0.2) is 0 Å². The van der Waals surface area contributed by atoms with Crippen LogP contribution in [-0.4, -0.2) is 46.2 Å². The molecule has 1 aliphatic carbocycles. The van der Waals surface area contributed by atoms with Gasteiger partial charge in [0.2, 0.25) is 0 Å². The number of benzene rings is 2. The molecule has 0 radical (unpaired) electrons. The first-order valence-corrected chi connectivity index (χ1v) is 10.6. The summed E-state index contributed by atoms with van der Waals surface area (Å²) < 4.78 is 5.08. The SMILES string of the molecule is COC(=O)c1ccccc1C1C2=C(C=C(N(C)C)C=[C+]2)Sc2cc(N(C)C)ccc21.[Cl-]. The van der Waals surface area contributed by atoms with Crippen LogP contribution in [0, 0.1) is 6.08 Å². The van der Waals surface area contributed by atoms with E-state index in [1.54, 1.807) is 11.8 Å². The predicted molar refractivity (Wildman–Crippen MR) is 123 cm³/mol. The summed E-state index contributed by atoms with van der Waals surface area (Å²) in [5.41, 5.74) is 6.07. The molecule has 2 aromatic carbocycles. The average Bonchev–Trinajstić information content (AvgIpc) is 2.76. The zero-order valence-corrected chi connectivity index (χ0v) is 19.8. The number of esters is 1. The van der Waals surface area contributed by atoms with Crippen molar-refractivity contribution < 1.29 is 21.9 Å². The molecule has 0 bridgehead atoms. The Morgan fingerprint density at radius 2 is 1.77 bits per heavy atom. The summed E-state index contributed by atoms with van der Waals surface area (Å²) in [6.07, 6.45) is 7.75. The van der Waals surface area contributed by atoms with Crippen molar-refractivity contribution in [1.29, 1.82) is 0 Å².